The molecule has 0 bridgehead atoms. The van der Waals surface area contributed by atoms with E-state index in [0.717, 1.165) is 32.7 Å². The number of hydrogen-bond acceptors (Lipinski definition) is 5. The van der Waals surface area contributed by atoms with Gasteiger partial charge in [-0.3, -0.25) is 0 Å². The summed E-state index contributed by atoms with van der Waals surface area (Å²) >= 11 is 13.1. The molecule has 0 radical (unpaired) electrons. The minimum atomic E-state index is 0.275. The summed E-state index contributed by atoms with van der Waals surface area (Å²) in [6.07, 6.45) is 3.21. The molecule has 0 unspecified atom stereocenters. The molecule has 0 atom stereocenters. The molecule has 0 spiro atoms. The molecule has 0 saturated carbocycles. The third-order valence-electron chi connectivity index (χ3n) is 6.47. The Bertz CT molecular complexity index is 1830. The largest absolute Gasteiger partial charge is 0.443 e. The second-order valence-corrected chi connectivity index (χ2v) is 9.59. The number of pyridine rings is 1. The smallest absolute Gasteiger partial charge is 0.247 e. The molecule has 0 aliphatic rings. The van der Waals surface area contributed by atoms with Crippen molar-refractivity contribution in [2.45, 2.75) is 0 Å². The molecule has 3 aromatic heterocycles. The van der Waals surface area contributed by atoms with Crippen LogP contribution in [0, 0.1) is 0 Å². The summed E-state index contributed by atoms with van der Waals surface area (Å²) in [5.74, 6) is 0.549. The molecule has 0 aliphatic heterocycles. The van der Waals surface area contributed by atoms with Crippen molar-refractivity contribution in [1.82, 2.24) is 15.0 Å². The molecule has 0 N–H and O–H groups in total. The van der Waals surface area contributed by atoms with Crippen LogP contribution in [0.3, 0.4) is 0 Å². The lowest BCUT2D eigenvalue weighted by Crippen LogP contribution is -1.92. The molecule has 0 amide bonds. The zero-order valence-electron chi connectivity index (χ0n) is 19.7. The fraction of sp³-hybridized carbons (Fsp3) is 0. The first kappa shape index (κ1) is 22.7. The van der Waals surface area contributed by atoms with Crippen molar-refractivity contribution in [3.8, 4) is 45.7 Å². The summed E-state index contributed by atoms with van der Waals surface area (Å²) in [7, 11) is 0. The van der Waals surface area contributed by atoms with Crippen LogP contribution in [0.15, 0.2) is 112 Å². The van der Waals surface area contributed by atoms with E-state index < -0.39 is 0 Å². The molecule has 4 aromatic carbocycles. The highest BCUT2D eigenvalue weighted by molar-refractivity contribution is 6.37. The van der Waals surface area contributed by atoms with E-state index in [0.29, 0.717) is 32.8 Å². The summed E-state index contributed by atoms with van der Waals surface area (Å²) in [6, 6.07) is 30.0. The first-order valence-corrected chi connectivity index (χ1v) is 12.7. The maximum absolute atomic E-state index is 6.54. The molecule has 0 saturated heterocycles. The second-order valence-electron chi connectivity index (χ2n) is 8.78. The summed E-state index contributed by atoms with van der Waals surface area (Å²) < 4.78 is 11.7. The van der Waals surface area contributed by atoms with Crippen molar-refractivity contribution in [2.75, 3.05) is 0 Å². The van der Waals surface area contributed by atoms with Gasteiger partial charge in [0.05, 0.1) is 10.0 Å². The van der Waals surface area contributed by atoms with E-state index in [4.69, 9.17) is 42.0 Å². The number of halogens is 2. The van der Waals surface area contributed by atoms with Crippen LogP contribution in [0.25, 0.3) is 67.2 Å². The zero-order chi connectivity index (χ0) is 25.6. The highest BCUT2D eigenvalue weighted by Crippen LogP contribution is 2.37. The van der Waals surface area contributed by atoms with Gasteiger partial charge in [0.25, 0.3) is 0 Å². The first-order valence-electron chi connectivity index (χ1n) is 11.9. The molecule has 0 aliphatic carbocycles. The van der Waals surface area contributed by atoms with Crippen LogP contribution < -0.4 is 0 Å². The lowest BCUT2D eigenvalue weighted by atomic mass is 10.0. The van der Waals surface area contributed by atoms with Gasteiger partial charge in [0.15, 0.2) is 0 Å². The average molecular weight is 534 g/mol. The second kappa shape index (κ2) is 9.14. The van der Waals surface area contributed by atoms with E-state index in [1.54, 1.807) is 18.6 Å². The van der Waals surface area contributed by atoms with Gasteiger partial charge in [0.2, 0.25) is 11.8 Å². The Balaban J connectivity index is 1.29. The lowest BCUT2D eigenvalue weighted by Gasteiger charge is -2.05. The number of hydrogen-bond donors (Lipinski definition) is 0. The van der Waals surface area contributed by atoms with E-state index in [2.05, 4.69) is 41.4 Å². The quantitative estimate of drug-likeness (QED) is 0.225. The lowest BCUT2D eigenvalue weighted by molar-refractivity contribution is 0.568. The number of fused-ring (bicyclic) bond motifs is 2. The first-order chi connectivity index (χ1) is 18.7. The van der Waals surface area contributed by atoms with Crippen LogP contribution in [-0.2, 0) is 0 Å². The van der Waals surface area contributed by atoms with Crippen molar-refractivity contribution < 1.29 is 8.83 Å². The van der Waals surface area contributed by atoms with Gasteiger partial charge in [-0.05, 0) is 27.6 Å². The van der Waals surface area contributed by atoms with Crippen molar-refractivity contribution >= 4 is 44.7 Å². The van der Waals surface area contributed by atoms with Crippen molar-refractivity contribution in [1.29, 1.82) is 0 Å². The van der Waals surface area contributed by atoms with E-state index in [1.807, 2.05) is 48.5 Å². The van der Waals surface area contributed by atoms with Crippen LogP contribution >= 0.6 is 23.2 Å². The molecular formula is C31H17Cl2N3O2. The fourth-order valence-electron chi connectivity index (χ4n) is 4.68. The highest BCUT2D eigenvalue weighted by atomic mass is 35.5. The van der Waals surface area contributed by atoms with Gasteiger partial charge in [0.1, 0.15) is 35.3 Å². The zero-order valence-corrected chi connectivity index (χ0v) is 21.2. The third kappa shape index (κ3) is 3.84. The number of oxazole rings is 2. The van der Waals surface area contributed by atoms with Gasteiger partial charge >= 0.3 is 0 Å². The van der Waals surface area contributed by atoms with Crippen LogP contribution in [0.2, 0.25) is 10.0 Å². The van der Waals surface area contributed by atoms with Crippen molar-refractivity contribution in [2.24, 2.45) is 0 Å². The predicted molar refractivity (Wildman–Crippen MR) is 151 cm³/mol. The Morgan fingerprint density at radius 3 is 1.45 bits per heavy atom. The molecule has 5 nitrogen and oxygen atoms in total. The van der Waals surface area contributed by atoms with Crippen LogP contribution in [0.4, 0.5) is 0 Å². The summed E-state index contributed by atoms with van der Waals surface area (Å²) in [6.45, 7) is 0. The molecule has 182 valence electrons. The van der Waals surface area contributed by atoms with Crippen LogP contribution in [-0.4, -0.2) is 15.0 Å². The number of rotatable bonds is 4. The minimum Gasteiger partial charge on any atom is -0.443 e. The minimum absolute atomic E-state index is 0.275. The Kier molecular flexibility index (Phi) is 5.46. The molecule has 38 heavy (non-hydrogen) atoms. The van der Waals surface area contributed by atoms with Gasteiger partial charge in [-0.15, -0.1) is 0 Å². The van der Waals surface area contributed by atoms with Gasteiger partial charge in [-0.25, -0.2) is 15.0 Å². The number of aromatic nitrogens is 3. The Morgan fingerprint density at radius 2 is 0.947 bits per heavy atom. The predicted octanol–water partition coefficient (Wildman–Crippen LogP) is 9.34. The number of nitrogens with zero attached hydrogens (tertiary/aromatic N) is 3. The van der Waals surface area contributed by atoms with E-state index in [9.17, 15) is 0 Å². The van der Waals surface area contributed by atoms with Gasteiger partial charge < -0.3 is 8.83 Å². The molecule has 0 fully saturated rings. The molecule has 7 heteroatoms. The molecule has 7 rings (SSSR count). The maximum atomic E-state index is 6.54. The Morgan fingerprint density at radius 1 is 0.500 bits per heavy atom. The summed E-state index contributed by atoms with van der Waals surface area (Å²) in [5, 5.41) is 5.01. The highest BCUT2D eigenvalue weighted by Gasteiger charge is 2.21. The van der Waals surface area contributed by atoms with Gasteiger partial charge in [-0.1, -0.05) is 108 Å². The molecular weight excluding hydrogens is 517 g/mol. The van der Waals surface area contributed by atoms with E-state index >= 15 is 0 Å². The van der Waals surface area contributed by atoms with E-state index in [-0.39, 0.29) is 11.8 Å². The standard InChI is InChI=1S/C31H17Cl2N3O2/c32-24-15-25(33)29(31-35-27(17-38-31)23-14-6-10-19-8-2-4-12-21(19)23)36-28(24)30-34-26(16-37-30)22-13-5-9-18-7-1-3-11-20(18)22/h1-17H. The maximum Gasteiger partial charge on any atom is 0.247 e. The van der Waals surface area contributed by atoms with Crippen LogP contribution in [0.1, 0.15) is 0 Å². The van der Waals surface area contributed by atoms with E-state index in [1.165, 1.54) is 0 Å². The SMILES string of the molecule is Clc1cc(Cl)c(-c2nc(-c3cccc4ccccc34)co2)nc1-c1nc(-c2cccc3ccccc23)co1. The third-order valence-corrected chi connectivity index (χ3v) is 7.05. The summed E-state index contributed by atoms with van der Waals surface area (Å²) in [5.41, 5.74) is 3.97. The Hall–Kier alpha value is -4.45. The average Bonchev–Trinajstić information content (AvgIpc) is 3.63. The molecule has 3 heterocycles. The monoisotopic (exact) mass is 533 g/mol. The number of benzene rings is 4. The van der Waals surface area contributed by atoms with Gasteiger partial charge in [0, 0.05) is 11.1 Å². The van der Waals surface area contributed by atoms with Gasteiger partial charge in [-0.2, -0.15) is 0 Å². The Labute approximate surface area is 227 Å². The fourth-order valence-corrected chi connectivity index (χ4v) is 5.20. The van der Waals surface area contributed by atoms with Crippen molar-refractivity contribution in [3.63, 3.8) is 0 Å². The topological polar surface area (TPSA) is 65.0 Å². The van der Waals surface area contributed by atoms with Crippen LogP contribution in [0.5, 0.6) is 0 Å². The molecule has 7 aromatic rings. The van der Waals surface area contributed by atoms with Crippen molar-refractivity contribution in [3.05, 3.63) is 114 Å². The summed E-state index contributed by atoms with van der Waals surface area (Å²) in [4.78, 5) is 14.1. The normalized spacial score (nSPS) is 11.4.